The summed E-state index contributed by atoms with van der Waals surface area (Å²) in [6.45, 7) is 0. The highest BCUT2D eigenvalue weighted by atomic mass is 15.2. The maximum Gasteiger partial charge on any atom is 0.116 e. The van der Waals surface area contributed by atoms with E-state index in [1.807, 2.05) is 97.6 Å². The summed E-state index contributed by atoms with van der Waals surface area (Å²) in [6, 6.07) is 27.8. The number of anilines is 6. The lowest BCUT2D eigenvalue weighted by Crippen LogP contribution is -2.15. The summed E-state index contributed by atoms with van der Waals surface area (Å²) in [7, 11) is 0. The zero-order chi connectivity index (χ0) is 26.7. The van der Waals surface area contributed by atoms with Gasteiger partial charge in [-0.15, -0.1) is 0 Å². The molecule has 0 aliphatic rings. The van der Waals surface area contributed by atoms with Crippen LogP contribution in [-0.2, 0) is 0 Å². The number of nitrogens with zero attached hydrogens (tertiary/aromatic N) is 8. The van der Waals surface area contributed by atoms with E-state index in [0.29, 0.717) is 0 Å². The molecule has 0 fully saturated rings. The van der Waals surface area contributed by atoms with E-state index in [1.165, 1.54) is 0 Å². The maximum absolute atomic E-state index is 5.18. The fraction of sp³-hybridized carbons (Fsp3) is 0. The Morgan fingerprint density at radius 3 is 1.02 bits per heavy atom. The van der Waals surface area contributed by atoms with Gasteiger partial charge in [0.05, 0.1) is 69.9 Å². The molecule has 8 heteroatoms. The molecular formula is C32H22N8. The lowest BCUT2D eigenvalue weighted by atomic mass is 10.1. The Kier molecular flexibility index (Phi) is 5.95. The first kappa shape index (κ1) is 23.4. The number of hydrogen-bond donors (Lipinski definition) is 0. The van der Waals surface area contributed by atoms with Crippen molar-refractivity contribution < 1.29 is 0 Å². The van der Waals surface area contributed by atoms with Gasteiger partial charge >= 0.3 is 0 Å². The zero-order valence-electron chi connectivity index (χ0n) is 21.3. The van der Waals surface area contributed by atoms with Gasteiger partial charge < -0.3 is 9.80 Å². The average molecular weight is 519 g/mol. The van der Waals surface area contributed by atoms with E-state index in [-0.39, 0.29) is 0 Å². The summed E-state index contributed by atoms with van der Waals surface area (Å²) in [5, 5.41) is 0. The monoisotopic (exact) mass is 518 g/mol. The zero-order valence-corrected chi connectivity index (χ0v) is 21.3. The SMILES string of the molecule is c1cncc(N(c2cccnc2)c2ccc(N(c3cccnc3)c3cccnc3)c3nc4ccccc4nc23)c1. The lowest BCUT2D eigenvalue weighted by Gasteiger charge is -2.29. The highest BCUT2D eigenvalue weighted by Crippen LogP contribution is 2.43. The molecule has 190 valence electrons. The molecule has 0 bridgehead atoms. The first-order chi connectivity index (χ1) is 19.9. The summed E-state index contributed by atoms with van der Waals surface area (Å²) in [4.78, 5) is 32.1. The molecule has 0 spiro atoms. The number of fused-ring (bicyclic) bond motifs is 2. The molecule has 2 aromatic carbocycles. The van der Waals surface area contributed by atoms with Crippen molar-refractivity contribution in [2.45, 2.75) is 0 Å². The summed E-state index contributed by atoms with van der Waals surface area (Å²) in [5.74, 6) is 0. The molecule has 0 unspecified atom stereocenters. The van der Waals surface area contributed by atoms with Gasteiger partial charge in [0, 0.05) is 24.8 Å². The molecule has 7 rings (SSSR count). The van der Waals surface area contributed by atoms with Gasteiger partial charge in [-0.25, -0.2) is 9.97 Å². The van der Waals surface area contributed by atoms with E-state index in [2.05, 4.69) is 41.9 Å². The second-order valence-electron chi connectivity index (χ2n) is 9.03. The van der Waals surface area contributed by atoms with Crippen molar-refractivity contribution in [1.82, 2.24) is 29.9 Å². The normalized spacial score (nSPS) is 11.0. The van der Waals surface area contributed by atoms with E-state index < -0.39 is 0 Å². The molecule has 40 heavy (non-hydrogen) atoms. The van der Waals surface area contributed by atoms with E-state index in [1.54, 1.807) is 24.8 Å². The van der Waals surface area contributed by atoms with Crippen molar-refractivity contribution in [3.8, 4) is 0 Å². The Morgan fingerprint density at radius 1 is 0.375 bits per heavy atom. The van der Waals surface area contributed by atoms with Gasteiger partial charge in [-0.2, -0.15) is 0 Å². The molecule has 0 saturated heterocycles. The molecule has 0 saturated carbocycles. The Labute approximate surface area is 230 Å². The van der Waals surface area contributed by atoms with Gasteiger partial charge in [0.2, 0.25) is 0 Å². The quantitative estimate of drug-likeness (QED) is 0.212. The first-order valence-corrected chi connectivity index (χ1v) is 12.8. The van der Waals surface area contributed by atoms with Crippen LogP contribution < -0.4 is 9.80 Å². The second kappa shape index (κ2) is 10.2. The van der Waals surface area contributed by atoms with Crippen molar-refractivity contribution in [1.29, 1.82) is 0 Å². The van der Waals surface area contributed by atoms with Gasteiger partial charge in [0.1, 0.15) is 11.0 Å². The molecule has 0 N–H and O–H groups in total. The van der Waals surface area contributed by atoms with Crippen LogP contribution in [0.15, 0.2) is 135 Å². The predicted octanol–water partition coefficient (Wildman–Crippen LogP) is 7.30. The van der Waals surface area contributed by atoms with Crippen molar-refractivity contribution in [3.63, 3.8) is 0 Å². The maximum atomic E-state index is 5.18. The van der Waals surface area contributed by atoms with Crippen LogP contribution in [0.2, 0.25) is 0 Å². The summed E-state index contributed by atoms with van der Waals surface area (Å²) < 4.78 is 0. The molecule has 8 nitrogen and oxygen atoms in total. The fourth-order valence-electron chi connectivity index (χ4n) is 4.83. The molecule has 0 radical (unpaired) electrons. The standard InChI is InChI=1S/C32H22N8/c1-2-12-28-27(11-1)37-31-29(39(23-7-3-15-33-19-23)24-8-4-16-34-20-24)13-14-30(32(31)38-28)40(25-9-5-17-35-21-25)26-10-6-18-36-22-26/h1-22H. The molecule has 5 heterocycles. The molecule has 0 aliphatic heterocycles. The smallest absolute Gasteiger partial charge is 0.116 e. The highest BCUT2D eigenvalue weighted by Gasteiger charge is 2.23. The van der Waals surface area contributed by atoms with Crippen molar-refractivity contribution in [2.75, 3.05) is 9.80 Å². The third-order valence-corrected chi connectivity index (χ3v) is 6.55. The number of benzene rings is 2. The highest BCUT2D eigenvalue weighted by molar-refractivity contribution is 6.05. The van der Waals surface area contributed by atoms with Gasteiger partial charge in [0.25, 0.3) is 0 Å². The molecule has 7 aromatic rings. The van der Waals surface area contributed by atoms with E-state index in [0.717, 1.165) is 56.2 Å². The number of aromatic nitrogens is 6. The Balaban J connectivity index is 1.55. The van der Waals surface area contributed by atoms with Crippen LogP contribution in [0, 0.1) is 0 Å². The van der Waals surface area contributed by atoms with Crippen LogP contribution in [0.25, 0.3) is 22.1 Å². The lowest BCUT2D eigenvalue weighted by molar-refractivity contribution is 1.19. The second-order valence-corrected chi connectivity index (χ2v) is 9.03. The third kappa shape index (κ3) is 4.23. The Hall–Kier alpha value is -5.76. The number of hydrogen-bond acceptors (Lipinski definition) is 8. The van der Waals surface area contributed by atoms with Crippen LogP contribution >= 0.6 is 0 Å². The summed E-state index contributed by atoms with van der Waals surface area (Å²) >= 11 is 0. The van der Waals surface area contributed by atoms with Crippen LogP contribution in [0.5, 0.6) is 0 Å². The minimum absolute atomic E-state index is 0.738. The van der Waals surface area contributed by atoms with Gasteiger partial charge in [-0.05, 0) is 72.8 Å². The summed E-state index contributed by atoms with van der Waals surface area (Å²) in [5.41, 5.74) is 8.34. The average Bonchev–Trinajstić information content (AvgIpc) is 3.03. The Morgan fingerprint density at radius 2 is 0.725 bits per heavy atom. The third-order valence-electron chi connectivity index (χ3n) is 6.55. The van der Waals surface area contributed by atoms with Crippen LogP contribution in [0.4, 0.5) is 34.1 Å². The van der Waals surface area contributed by atoms with Gasteiger partial charge in [-0.3, -0.25) is 19.9 Å². The molecule has 0 amide bonds. The van der Waals surface area contributed by atoms with Crippen molar-refractivity contribution in [3.05, 3.63) is 135 Å². The van der Waals surface area contributed by atoms with Crippen LogP contribution in [0.3, 0.4) is 0 Å². The predicted molar refractivity (Wildman–Crippen MR) is 158 cm³/mol. The largest absolute Gasteiger partial charge is 0.305 e. The Bertz CT molecular complexity index is 1680. The summed E-state index contributed by atoms with van der Waals surface area (Å²) in [6.07, 6.45) is 14.4. The van der Waals surface area contributed by atoms with Crippen molar-refractivity contribution >= 4 is 56.2 Å². The molecule has 0 atom stereocenters. The molecule has 0 aliphatic carbocycles. The number of pyridine rings is 4. The van der Waals surface area contributed by atoms with E-state index in [4.69, 9.17) is 9.97 Å². The van der Waals surface area contributed by atoms with Gasteiger partial charge in [0.15, 0.2) is 0 Å². The van der Waals surface area contributed by atoms with E-state index in [9.17, 15) is 0 Å². The first-order valence-electron chi connectivity index (χ1n) is 12.8. The minimum atomic E-state index is 0.738. The fourth-order valence-corrected chi connectivity index (χ4v) is 4.83. The van der Waals surface area contributed by atoms with Crippen LogP contribution in [0.1, 0.15) is 0 Å². The topological polar surface area (TPSA) is 83.8 Å². The number of rotatable bonds is 6. The van der Waals surface area contributed by atoms with Crippen molar-refractivity contribution in [2.24, 2.45) is 0 Å². The number of para-hydroxylation sites is 2. The van der Waals surface area contributed by atoms with Crippen LogP contribution in [-0.4, -0.2) is 29.9 Å². The molecular weight excluding hydrogens is 496 g/mol. The molecule has 5 aromatic heterocycles. The van der Waals surface area contributed by atoms with E-state index >= 15 is 0 Å². The minimum Gasteiger partial charge on any atom is -0.305 e. The van der Waals surface area contributed by atoms with Gasteiger partial charge in [-0.1, -0.05) is 12.1 Å².